The third-order valence-corrected chi connectivity index (χ3v) is 7.58. The van der Waals surface area contributed by atoms with Crippen LogP contribution in [0.3, 0.4) is 0 Å². The summed E-state index contributed by atoms with van der Waals surface area (Å²) < 4.78 is 5.39. The Hall–Kier alpha value is -1.30. The van der Waals surface area contributed by atoms with Gasteiger partial charge in [-0.05, 0) is 63.1 Å². The van der Waals surface area contributed by atoms with Crippen LogP contribution in [0.4, 0.5) is 0 Å². The average Bonchev–Trinajstić information content (AvgIpc) is 2.67. The van der Waals surface area contributed by atoms with Crippen molar-refractivity contribution in [2.75, 3.05) is 20.8 Å². The van der Waals surface area contributed by atoms with Gasteiger partial charge in [0.25, 0.3) is 0 Å². The normalized spacial score (nSPS) is 28.7. The molecule has 1 spiro atoms. The van der Waals surface area contributed by atoms with E-state index in [-0.39, 0.29) is 11.8 Å². The summed E-state index contributed by atoms with van der Waals surface area (Å²) in [5.41, 5.74) is 0.842. The summed E-state index contributed by atoms with van der Waals surface area (Å²) in [5, 5.41) is 33.5. The molecule has 0 bridgehead atoms. The zero-order valence-electron chi connectivity index (χ0n) is 17.6. The topological polar surface area (TPSA) is 82.0 Å². The van der Waals surface area contributed by atoms with Crippen LogP contribution in [0.2, 0.25) is 0 Å². The molecule has 0 heterocycles. The molecule has 1 aromatic carbocycles. The minimum atomic E-state index is -0.881. The smallest absolute Gasteiger partial charge is 0.161 e. The van der Waals surface area contributed by atoms with Crippen molar-refractivity contribution in [3.8, 4) is 11.5 Å². The molecular weight excluding hydrogens is 354 g/mol. The molecule has 3 aliphatic carbocycles. The highest BCUT2D eigenvalue weighted by atomic mass is 16.5. The van der Waals surface area contributed by atoms with Gasteiger partial charge in [0.05, 0.1) is 12.7 Å². The molecule has 2 saturated carbocycles. The number of hydrogen-bond donors (Lipinski definition) is 4. The Labute approximate surface area is 169 Å². The molecule has 0 aromatic heterocycles. The molecule has 0 radical (unpaired) electrons. The monoisotopic (exact) mass is 391 g/mol. The number of hydrogen-bond acceptors (Lipinski definition) is 5. The van der Waals surface area contributed by atoms with Gasteiger partial charge in [-0.25, -0.2) is 0 Å². The number of aliphatic hydroxyl groups excluding tert-OH is 1. The lowest BCUT2D eigenvalue weighted by Gasteiger charge is -2.56. The summed E-state index contributed by atoms with van der Waals surface area (Å²) in [6, 6.07) is 3.99. The second-order valence-corrected chi connectivity index (χ2v) is 8.90. The molecule has 0 aliphatic heterocycles. The number of aromatic hydroxyl groups is 1. The van der Waals surface area contributed by atoms with Gasteiger partial charge < -0.3 is 25.4 Å². The number of fused-ring (bicyclic) bond motifs is 2. The lowest BCUT2D eigenvalue weighted by Crippen LogP contribution is -2.66. The highest BCUT2D eigenvalue weighted by Gasteiger charge is 2.57. The molecule has 5 nitrogen and oxygen atoms in total. The van der Waals surface area contributed by atoms with Gasteiger partial charge >= 0.3 is 0 Å². The van der Waals surface area contributed by atoms with E-state index in [1.165, 1.54) is 31.2 Å². The van der Waals surface area contributed by atoms with Crippen molar-refractivity contribution >= 4 is 0 Å². The van der Waals surface area contributed by atoms with Gasteiger partial charge in [0, 0.05) is 24.1 Å². The van der Waals surface area contributed by atoms with E-state index in [2.05, 4.69) is 11.4 Å². The fourth-order valence-corrected chi connectivity index (χ4v) is 5.68. The predicted octanol–water partition coefficient (Wildman–Crippen LogP) is 3.28. The van der Waals surface area contributed by atoms with Crippen molar-refractivity contribution in [1.29, 1.82) is 0 Å². The molecule has 3 aliphatic rings. The van der Waals surface area contributed by atoms with E-state index in [0.717, 1.165) is 57.2 Å². The van der Waals surface area contributed by atoms with Crippen LogP contribution < -0.4 is 10.1 Å². The van der Waals surface area contributed by atoms with Crippen molar-refractivity contribution in [2.45, 2.75) is 81.8 Å². The van der Waals surface area contributed by atoms with Crippen molar-refractivity contribution in [1.82, 2.24) is 5.32 Å². The zero-order valence-corrected chi connectivity index (χ0v) is 17.6. The van der Waals surface area contributed by atoms with Gasteiger partial charge in [-0.3, -0.25) is 0 Å². The van der Waals surface area contributed by atoms with E-state index in [0.29, 0.717) is 5.75 Å². The number of ether oxygens (including phenoxy) is 1. The van der Waals surface area contributed by atoms with Crippen LogP contribution in [0, 0.1) is 5.92 Å². The van der Waals surface area contributed by atoms with E-state index >= 15 is 0 Å². The average molecular weight is 392 g/mol. The molecule has 2 atom stereocenters. The zero-order chi connectivity index (χ0) is 20.4. The van der Waals surface area contributed by atoms with Crippen molar-refractivity contribution in [3.05, 3.63) is 23.3 Å². The summed E-state index contributed by atoms with van der Waals surface area (Å²) >= 11 is 0. The first-order valence-electron chi connectivity index (χ1n) is 10.8. The van der Waals surface area contributed by atoms with Gasteiger partial charge in [-0.15, -0.1) is 0 Å². The minimum Gasteiger partial charge on any atom is -0.504 e. The molecule has 0 amide bonds. The largest absolute Gasteiger partial charge is 0.504 e. The summed E-state index contributed by atoms with van der Waals surface area (Å²) in [7, 11) is 2.60. The molecular formula is C23H37NO4. The predicted molar refractivity (Wildman–Crippen MR) is 111 cm³/mol. The van der Waals surface area contributed by atoms with E-state index in [1.54, 1.807) is 7.11 Å². The molecule has 28 heavy (non-hydrogen) atoms. The van der Waals surface area contributed by atoms with E-state index in [9.17, 15) is 10.2 Å². The highest BCUT2D eigenvalue weighted by molar-refractivity contribution is 5.57. The quantitative estimate of drug-likeness (QED) is 0.633. The van der Waals surface area contributed by atoms with Gasteiger partial charge in [0.1, 0.15) is 0 Å². The van der Waals surface area contributed by atoms with Gasteiger partial charge in [0.15, 0.2) is 11.5 Å². The van der Waals surface area contributed by atoms with Gasteiger partial charge in [-0.1, -0.05) is 31.7 Å². The summed E-state index contributed by atoms with van der Waals surface area (Å²) in [6.07, 6.45) is 9.97. The SMILES string of the molecule is CO.COc1ccc2c(c1O)C1(CCCCC1)C(C)(O)C(NCC1CCC1)C2. The van der Waals surface area contributed by atoms with E-state index in [1.807, 2.05) is 13.0 Å². The first kappa shape index (κ1) is 21.4. The number of methoxy groups -OCH3 is 1. The summed E-state index contributed by atoms with van der Waals surface area (Å²) in [4.78, 5) is 0. The second-order valence-electron chi connectivity index (χ2n) is 8.90. The third-order valence-electron chi connectivity index (χ3n) is 7.58. The summed E-state index contributed by atoms with van der Waals surface area (Å²) in [6.45, 7) is 2.99. The number of aliphatic hydroxyl groups is 2. The Bertz CT molecular complexity index is 663. The molecule has 4 N–H and O–H groups in total. The Morgan fingerprint density at radius 3 is 2.36 bits per heavy atom. The number of phenolic OH excluding ortho intramolecular Hbond substituents is 1. The van der Waals surface area contributed by atoms with Crippen LogP contribution in [-0.4, -0.2) is 47.7 Å². The van der Waals surface area contributed by atoms with E-state index < -0.39 is 11.0 Å². The van der Waals surface area contributed by atoms with Gasteiger partial charge in [0.2, 0.25) is 0 Å². The maximum atomic E-state index is 11.8. The molecule has 0 saturated heterocycles. The molecule has 2 fully saturated rings. The Kier molecular flexibility index (Phi) is 6.58. The van der Waals surface area contributed by atoms with Crippen molar-refractivity contribution in [3.63, 3.8) is 0 Å². The first-order valence-corrected chi connectivity index (χ1v) is 10.8. The lowest BCUT2D eigenvalue weighted by atomic mass is 9.53. The van der Waals surface area contributed by atoms with E-state index in [4.69, 9.17) is 9.84 Å². The molecule has 158 valence electrons. The second kappa shape index (κ2) is 8.60. The molecule has 4 rings (SSSR count). The standard InChI is InChI=1S/C22H33NO3.CH4O/c1-21(25)18(23-14-15-7-6-8-15)13-16-9-10-17(26-2)20(24)19(16)22(21)11-4-3-5-12-22;1-2/h9-10,15,18,23-25H,3-8,11-14H2,1-2H3;2H,1H3. The van der Waals surface area contributed by atoms with Crippen LogP contribution >= 0.6 is 0 Å². The third kappa shape index (κ3) is 3.42. The minimum absolute atomic E-state index is 0.0292. The maximum Gasteiger partial charge on any atom is 0.161 e. The summed E-state index contributed by atoms with van der Waals surface area (Å²) in [5.74, 6) is 1.52. The van der Waals surface area contributed by atoms with Gasteiger partial charge in [-0.2, -0.15) is 0 Å². The van der Waals surface area contributed by atoms with Crippen molar-refractivity contribution < 1.29 is 20.1 Å². The molecule has 2 unspecified atom stereocenters. The van der Waals surface area contributed by atoms with Crippen LogP contribution in [0.25, 0.3) is 0 Å². The van der Waals surface area contributed by atoms with Crippen LogP contribution in [0.1, 0.15) is 69.4 Å². The highest BCUT2D eigenvalue weighted by Crippen LogP contribution is 2.56. The van der Waals surface area contributed by atoms with Crippen molar-refractivity contribution in [2.24, 2.45) is 5.92 Å². The Morgan fingerprint density at radius 2 is 1.79 bits per heavy atom. The van der Waals surface area contributed by atoms with Crippen LogP contribution in [-0.2, 0) is 11.8 Å². The fraction of sp³-hybridized carbons (Fsp3) is 0.739. The Morgan fingerprint density at radius 1 is 1.11 bits per heavy atom. The number of nitrogens with one attached hydrogen (secondary N) is 1. The fourth-order valence-electron chi connectivity index (χ4n) is 5.68. The first-order chi connectivity index (χ1) is 13.5. The lowest BCUT2D eigenvalue weighted by molar-refractivity contribution is -0.0804. The number of phenols is 1. The number of rotatable bonds is 4. The molecule has 5 heteroatoms. The van der Waals surface area contributed by atoms with Crippen LogP contribution in [0.15, 0.2) is 12.1 Å². The maximum absolute atomic E-state index is 11.8. The number of benzene rings is 1. The molecule has 1 aromatic rings. The Balaban J connectivity index is 0.00000109. The van der Waals surface area contributed by atoms with Crippen LogP contribution in [0.5, 0.6) is 11.5 Å².